The number of nitrogens with two attached hydrogens (primary N) is 1. The van der Waals surface area contributed by atoms with Crippen LogP contribution in [0.2, 0.25) is 0 Å². The molecule has 0 aromatic carbocycles. The first-order valence-electron chi connectivity index (χ1n) is 9.31. The molecule has 0 aromatic rings. The molecule has 2 aliphatic rings. The molecule has 2 fully saturated rings. The van der Waals surface area contributed by atoms with Crippen molar-refractivity contribution in [2.75, 3.05) is 13.1 Å². The first kappa shape index (κ1) is 17.3. The second-order valence-electron chi connectivity index (χ2n) is 8.85. The van der Waals surface area contributed by atoms with Crippen molar-refractivity contribution in [2.45, 2.75) is 91.6 Å². The van der Waals surface area contributed by atoms with Crippen LogP contribution in [0.5, 0.6) is 0 Å². The van der Waals surface area contributed by atoms with Crippen molar-refractivity contribution in [3.8, 4) is 0 Å². The van der Waals surface area contributed by atoms with E-state index in [1.54, 1.807) is 0 Å². The van der Waals surface area contributed by atoms with E-state index in [1.807, 2.05) is 0 Å². The summed E-state index contributed by atoms with van der Waals surface area (Å²) < 4.78 is 0. The normalized spacial score (nSPS) is 34.9. The summed E-state index contributed by atoms with van der Waals surface area (Å²) in [6.45, 7) is 14.5. The first-order valence-corrected chi connectivity index (χ1v) is 9.31. The summed E-state index contributed by atoms with van der Waals surface area (Å²) in [5.74, 6) is 0.839. The summed E-state index contributed by atoms with van der Waals surface area (Å²) in [4.78, 5) is 2.74. The molecule has 2 heteroatoms. The van der Waals surface area contributed by atoms with Crippen LogP contribution in [-0.2, 0) is 0 Å². The molecule has 124 valence electrons. The van der Waals surface area contributed by atoms with Gasteiger partial charge in [0.2, 0.25) is 0 Å². The fraction of sp³-hybridized carbons (Fsp3) is 1.00. The van der Waals surface area contributed by atoms with Crippen molar-refractivity contribution in [1.29, 1.82) is 0 Å². The van der Waals surface area contributed by atoms with Gasteiger partial charge in [-0.3, -0.25) is 4.90 Å². The largest absolute Gasteiger partial charge is 0.326 e. The van der Waals surface area contributed by atoms with Crippen molar-refractivity contribution in [3.05, 3.63) is 0 Å². The SMILES string of the molecule is CCC1(CC)CCN(C2CC(C(C)(C)C)CCC2N)CC1. The quantitative estimate of drug-likeness (QED) is 0.834. The third kappa shape index (κ3) is 3.82. The van der Waals surface area contributed by atoms with Gasteiger partial charge in [0.1, 0.15) is 0 Å². The summed E-state index contributed by atoms with van der Waals surface area (Å²) in [6.07, 6.45) is 9.30. The lowest BCUT2D eigenvalue weighted by Crippen LogP contribution is -2.55. The van der Waals surface area contributed by atoms with Gasteiger partial charge in [-0.1, -0.05) is 47.5 Å². The molecule has 3 unspecified atom stereocenters. The Labute approximate surface area is 132 Å². The average Bonchev–Trinajstić information content (AvgIpc) is 2.47. The van der Waals surface area contributed by atoms with Crippen molar-refractivity contribution < 1.29 is 0 Å². The molecule has 0 bridgehead atoms. The monoisotopic (exact) mass is 294 g/mol. The third-order valence-electron chi connectivity index (χ3n) is 6.92. The minimum atomic E-state index is 0.402. The number of piperidine rings is 1. The maximum absolute atomic E-state index is 6.51. The molecule has 21 heavy (non-hydrogen) atoms. The van der Waals surface area contributed by atoms with E-state index in [0.717, 1.165) is 5.92 Å². The van der Waals surface area contributed by atoms with Gasteiger partial charge in [0.15, 0.2) is 0 Å². The van der Waals surface area contributed by atoms with Crippen LogP contribution in [0.4, 0.5) is 0 Å². The number of hydrogen-bond acceptors (Lipinski definition) is 2. The van der Waals surface area contributed by atoms with Crippen molar-refractivity contribution >= 4 is 0 Å². The Balaban J connectivity index is 1.98. The van der Waals surface area contributed by atoms with Crippen LogP contribution in [0, 0.1) is 16.7 Å². The van der Waals surface area contributed by atoms with E-state index in [-0.39, 0.29) is 0 Å². The number of nitrogens with zero attached hydrogens (tertiary/aromatic N) is 1. The molecule has 0 amide bonds. The Bertz CT molecular complexity index is 317. The lowest BCUT2D eigenvalue weighted by Gasteiger charge is -2.49. The van der Waals surface area contributed by atoms with Crippen LogP contribution in [0.15, 0.2) is 0 Å². The molecule has 1 heterocycles. The zero-order chi connectivity index (χ0) is 15.7. The molecule has 0 radical (unpaired) electrons. The van der Waals surface area contributed by atoms with Gasteiger partial charge in [-0.2, -0.15) is 0 Å². The molecule has 2 rings (SSSR count). The second-order valence-corrected chi connectivity index (χ2v) is 8.85. The predicted octanol–water partition coefficient (Wildman–Crippen LogP) is 4.43. The molecule has 1 aliphatic carbocycles. The Kier molecular flexibility index (Phi) is 5.41. The molecule has 0 spiro atoms. The fourth-order valence-electron chi connectivity index (χ4n) is 4.66. The maximum atomic E-state index is 6.51. The van der Waals surface area contributed by atoms with Gasteiger partial charge >= 0.3 is 0 Å². The number of rotatable bonds is 3. The Morgan fingerprint density at radius 2 is 1.62 bits per heavy atom. The van der Waals surface area contributed by atoms with Gasteiger partial charge in [-0.25, -0.2) is 0 Å². The molecule has 1 saturated heterocycles. The maximum Gasteiger partial charge on any atom is 0.0250 e. The molecular formula is C19H38N2. The fourth-order valence-corrected chi connectivity index (χ4v) is 4.66. The topological polar surface area (TPSA) is 29.3 Å². The summed E-state index contributed by atoms with van der Waals surface area (Å²) in [6, 6.07) is 1.04. The van der Waals surface area contributed by atoms with E-state index in [0.29, 0.717) is 22.9 Å². The summed E-state index contributed by atoms with van der Waals surface area (Å²) >= 11 is 0. The summed E-state index contributed by atoms with van der Waals surface area (Å²) in [7, 11) is 0. The van der Waals surface area contributed by atoms with Crippen molar-refractivity contribution in [2.24, 2.45) is 22.5 Å². The molecule has 3 atom stereocenters. The molecule has 2 N–H and O–H groups in total. The lowest BCUT2D eigenvalue weighted by atomic mass is 9.68. The average molecular weight is 295 g/mol. The summed E-state index contributed by atoms with van der Waals surface area (Å²) in [5.41, 5.74) is 7.57. The summed E-state index contributed by atoms with van der Waals surface area (Å²) in [5, 5.41) is 0. The van der Waals surface area contributed by atoms with Crippen LogP contribution in [0.25, 0.3) is 0 Å². The lowest BCUT2D eigenvalue weighted by molar-refractivity contribution is 0.0195. The standard InChI is InChI=1S/C19H38N2/c1-6-19(7-2)10-12-21(13-11-19)17-14-15(18(3,4)5)8-9-16(17)20/h15-17H,6-14,20H2,1-5H3. The highest BCUT2D eigenvalue weighted by Crippen LogP contribution is 2.42. The van der Waals surface area contributed by atoms with E-state index >= 15 is 0 Å². The molecular weight excluding hydrogens is 256 g/mol. The predicted molar refractivity (Wildman–Crippen MR) is 92.4 cm³/mol. The molecule has 1 aliphatic heterocycles. The number of hydrogen-bond donors (Lipinski definition) is 1. The Morgan fingerprint density at radius 3 is 2.10 bits per heavy atom. The van der Waals surface area contributed by atoms with Crippen LogP contribution >= 0.6 is 0 Å². The highest BCUT2D eigenvalue weighted by molar-refractivity contribution is 4.95. The van der Waals surface area contributed by atoms with Gasteiger partial charge in [-0.15, -0.1) is 0 Å². The Hall–Kier alpha value is -0.0800. The Morgan fingerprint density at radius 1 is 1.05 bits per heavy atom. The van der Waals surface area contributed by atoms with E-state index in [9.17, 15) is 0 Å². The zero-order valence-electron chi connectivity index (χ0n) is 15.1. The van der Waals surface area contributed by atoms with Crippen LogP contribution in [0.1, 0.15) is 79.6 Å². The molecule has 0 aromatic heterocycles. The van der Waals surface area contributed by atoms with Gasteiger partial charge in [0.05, 0.1) is 0 Å². The number of likely N-dealkylation sites (tertiary alicyclic amines) is 1. The van der Waals surface area contributed by atoms with Crippen molar-refractivity contribution in [3.63, 3.8) is 0 Å². The van der Waals surface area contributed by atoms with Gasteiger partial charge in [0.25, 0.3) is 0 Å². The second kappa shape index (κ2) is 6.58. The molecule has 2 nitrogen and oxygen atoms in total. The highest BCUT2D eigenvalue weighted by atomic mass is 15.2. The highest BCUT2D eigenvalue weighted by Gasteiger charge is 2.40. The van der Waals surface area contributed by atoms with Crippen LogP contribution < -0.4 is 5.73 Å². The minimum Gasteiger partial charge on any atom is -0.326 e. The van der Waals surface area contributed by atoms with E-state index in [4.69, 9.17) is 5.73 Å². The third-order valence-corrected chi connectivity index (χ3v) is 6.92. The zero-order valence-corrected chi connectivity index (χ0v) is 15.1. The first-order chi connectivity index (χ1) is 9.81. The van der Waals surface area contributed by atoms with E-state index < -0.39 is 0 Å². The van der Waals surface area contributed by atoms with Gasteiger partial charge in [0, 0.05) is 12.1 Å². The van der Waals surface area contributed by atoms with Gasteiger partial charge < -0.3 is 5.73 Å². The minimum absolute atomic E-state index is 0.402. The van der Waals surface area contributed by atoms with E-state index in [1.165, 1.54) is 58.0 Å². The van der Waals surface area contributed by atoms with Crippen molar-refractivity contribution in [1.82, 2.24) is 4.90 Å². The van der Waals surface area contributed by atoms with Crippen LogP contribution in [-0.4, -0.2) is 30.1 Å². The molecule has 1 saturated carbocycles. The van der Waals surface area contributed by atoms with Crippen LogP contribution in [0.3, 0.4) is 0 Å². The van der Waals surface area contributed by atoms with Gasteiger partial charge in [-0.05, 0) is 61.9 Å². The van der Waals surface area contributed by atoms with E-state index in [2.05, 4.69) is 39.5 Å². The smallest absolute Gasteiger partial charge is 0.0250 e.